The maximum absolute atomic E-state index is 5.66. The number of hydrogen-bond acceptors (Lipinski definition) is 4. The molecular formula is C13H12N4S. The van der Waals surface area contributed by atoms with Crippen LogP contribution in [0.25, 0.3) is 5.65 Å². The van der Waals surface area contributed by atoms with Crippen LogP contribution in [-0.4, -0.2) is 14.6 Å². The first-order chi connectivity index (χ1) is 8.83. The molecule has 0 radical (unpaired) electrons. The molecule has 1 aromatic carbocycles. The van der Waals surface area contributed by atoms with Gasteiger partial charge in [-0.3, -0.25) is 4.40 Å². The van der Waals surface area contributed by atoms with Gasteiger partial charge in [0.2, 0.25) is 0 Å². The smallest absolute Gasteiger partial charge is 0.195 e. The number of fused-ring (bicyclic) bond motifs is 1. The van der Waals surface area contributed by atoms with Gasteiger partial charge in [-0.15, -0.1) is 10.2 Å². The molecule has 5 heteroatoms. The highest BCUT2D eigenvalue weighted by atomic mass is 32.2. The van der Waals surface area contributed by atoms with Gasteiger partial charge in [-0.25, -0.2) is 0 Å². The van der Waals surface area contributed by atoms with Gasteiger partial charge in [0.15, 0.2) is 10.8 Å². The summed E-state index contributed by atoms with van der Waals surface area (Å²) in [6.45, 7) is 0. The second kappa shape index (κ2) is 4.70. The van der Waals surface area contributed by atoms with Gasteiger partial charge < -0.3 is 5.73 Å². The molecule has 0 atom stereocenters. The topological polar surface area (TPSA) is 56.2 Å². The third kappa shape index (κ3) is 2.17. The van der Waals surface area contributed by atoms with Gasteiger partial charge in [0, 0.05) is 17.6 Å². The first kappa shape index (κ1) is 11.1. The molecule has 0 aliphatic carbocycles. The Bertz CT molecular complexity index is 660. The summed E-state index contributed by atoms with van der Waals surface area (Å²) in [5.41, 5.74) is 8.54. The van der Waals surface area contributed by atoms with Gasteiger partial charge in [-0.1, -0.05) is 30.0 Å². The molecule has 3 rings (SSSR count). The van der Waals surface area contributed by atoms with E-state index in [0.29, 0.717) is 0 Å². The zero-order valence-electron chi connectivity index (χ0n) is 9.65. The van der Waals surface area contributed by atoms with Crippen molar-refractivity contribution in [2.45, 2.75) is 10.9 Å². The average molecular weight is 256 g/mol. The van der Waals surface area contributed by atoms with E-state index >= 15 is 0 Å². The van der Waals surface area contributed by atoms with Gasteiger partial charge in [0.1, 0.15) is 0 Å². The Hall–Kier alpha value is -2.01. The van der Waals surface area contributed by atoms with Crippen molar-refractivity contribution in [1.82, 2.24) is 14.6 Å². The third-order valence-corrected chi connectivity index (χ3v) is 3.64. The maximum atomic E-state index is 5.66. The molecule has 0 saturated carbocycles. The highest BCUT2D eigenvalue weighted by molar-refractivity contribution is 7.98. The Labute approximate surface area is 109 Å². The first-order valence-corrected chi connectivity index (χ1v) is 6.58. The number of anilines is 1. The molecule has 2 heterocycles. The van der Waals surface area contributed by atoms with E-state index < -0.39 is 0 Å². The largest absolute Gasteiger partial charge is 0.399 e. The molecule has 0 spiro atoms. The van der Waals surface area contributed by atoms with Crippen molar-refractivity contribution in [2.75, 3.05) is 5.73 Å². The Balaban J connectivity index is 1.79. The van der Waals surface area contributed by atoms with Gasteiger partial charge in [0.25, 0.3) is 0 Å². The zero-order chi connectivity index (χ0) is 12.4. The molecule has 0 aliphatic rings. The van der Waals surface area contributed by atoms with Crippen molar-refractivity contribution in [2.24, 2.45) is 0 Å². The van der Waals surface area contributed by atoms with Crippen LogP contribution in [0.5, 0.6) is 0 Å². The van der Waals surface area contributed by atoms with Crippen LogP contribution in [-0.2, 0) is 5.75 Å². The molecule has 0 amide bonds. The normalized spacial score (nSPS) is 10.9. The molecule has 3 aromatic rings. The molecule has 18 heavy (non-hydrogen) atoms. The molecule has 0 bridgehead atoms. The standard InChI is InChI=1S/C13H12N4S/c14-11-6-4-10(5-7-11)9-18-13-16-15-12-3-1-2-8-17(12)13/h1-8H,9,14H2. The van der Waals surface area contributed by atoms with E-state index in [9.17, 15) is 0 Å². The fraction of sp³-hybridized carbons (Fsp3) is 0.0769. The number of rotatable bonds is 3. The second-order valence-electron chi connectivity index (χ2n) is 3.94. The minimum Gasteiger partial charge on any atom is -0.399 e. The quantitative estimate of drug-likeness (QED) is 0.578. The van der Waals surface area contributed by atoms with Crippen molar-refractivity contribution >= 4 is 23.1 Å². The number of nitrogen functional groups attached to an aromatic ring is 1. The fourth-order valence-corrected chi connectivity index (χ4v) is 2.56. The van der Waals surface area contributed by atoms with Gasteiger partial charge in [-0.2, -0.15) is 0 Å². The molecule has 0 fully saturated rings. The van der Waals surface area contributed by atoms with E-state index in [-0.39, 0.29) is 0 Å². The summed E-state index contributed by atoms with van der Waals surface area (Å²) < 4.78 is 1.99. The molecule has 0 unspecified atom stereocenters. The molecule has 90 valence electrons. The second-order valence-corrected chi connectivity index (χ2v) is 4.88. The number of nitrogens with zero attached hydrogens (tertiary/aromatic N) is 3. The summed E-state index contributed by atoms with van der Waals surface area (Å²) in [4.78, 5) is 0. The lowest BCUT2D eigenvalue weighted by Gasteiger charge is -2.01. The number of hydrogen-bond donors (Lipinski definition) is 1. The van der Waals surface area contributed by atoms with Gasteiger partial charge in [0.05, 0.1) is 0 Å². The van der Waals surface area contributed by atoms with E-state index in [2.05, 4.69) is 10.2 Å². The lowest BCUT2D eigenvalue weighted by molar-refractivity contribution is 0.921. The minimum atomic E-state index is 0.789. The van der Waals surface area contributed by atoms with Crippen LogP contribution in [0.1, 0.15) is 5.56 Å². The highest BCUT2D eigenvalue weighted by Gasteiger charge is 2.05. The molecule has 4 nitrogen and oxygen atoms in total. The van der Waals surface area contributed by atoms with Crippen LogP contribution in [0.2, 0.25) is 0 Å². The number of aromatic nitrogens is 3. The summed E-state index contributed by atoms with van der Waals surface area (Å²) in [5, 5.41) is 9.20. The van der Waals surface area contributed by atoms with Crippen molar-refractivity contribution in [3.8, 4) is 0 Å². The molecule has 0 saturated heterocycles. The Kier molecular flexibility index (Phi) is 2.90. The average Bonchev–Trinajstić information content (AvgIpc) is 2.82. The zero-order valence-corrected chi connectivity index (χ0v) is 10.5. The van der Waals surface area contributed by atoms with Crippen LogP contribution >= 0.6 is 11.8 Å². The number of nitrogens with two attached hydrogens (primary N) is 1. The van der Waals surface area contributed by atoms with Gasteiger partial charge >= 0.3 is 0 Å². The fourth-order valence-electron chi connectivity index (χ4n) is 1.68. The van der Waals surface area contributed by atoms with Crippen LogP contribution in [0.4, 0.5) is 5.69 Å². The minimum absolute atomic E-state index is 0.789. The Morgan fingerprint density at radius 2 is 1.89 bits per heavy atom. The van der Waals surface area contributed by atoms with Gasteiger partial charge in [-0.05, 0) is 29.8 Å². The molecule has 2 N–H and O–H groups in total. The predicted molar refractivity (Wildman–Crippen MR) is 73.4 cm³/mol. The van der Waals surface area contributed by atoms with Crippen LogP contribution in [0.3, 0.4) is 0 Å². The molecular weight excluding hydrogens is 244 g/mol. The van der Waals surface area contributed by atoms with Crippen molar-refractivity contribution in [3.63, 3.8) is 0 Å². The predicted octanol–water partition coefficient (Wildman–Crippen LogP) is 2.60. The summed E-state index contributed by atoms with van der Waals surface area (Å²) >= 11 is 1.66. The van der Waals surface area contributed by atoms with E-state index in [1.165, 1.54) is 5.56 Å². The number of pyridine rings is 1. The SMILES string of the molecule is Nc1ccc(CSc2nnc3ccccn23)cc1. The first-order valence-electron chi connectivity index (χ1n) is 5.60. The van der Waals surface area contributed by atoms with E-state index in [4.69, 9.17) is 5.73 Å². The highest BCUT2D eigenvalue weighted by Crippen LogP contribution is 2.21. The summed E-state index contributed by atoms with van der Waals surface area (Å²) in [7, 11) is 0. The van der Waals surface area contributed by atoms with Crippen LogP contribution in [0.15, 0.2) is 53.8 Å². The Morgan fingerprint density at radius 3 is 2.72 bits per heavy atom. The third-order valence-electron chi connectivity index (χ3n) is 2.63. The molecule has 0 aliphatic heterocycles. The number of benzene rings is 1. The summed E-state index contributed by atoms with van der Waals surface area (Å²) in [5.74, 6) is 0.857. The van der Waals surface area contributed by atoms with Crippen LogP contribution in [0, 0.1) is 0 Å². The van der Waals surface area contributed by atoms with Crippen molar-refractivity contribution in [3.05, 3.63) is 54.2 Å². The van der Waals surface area contributed by atoms with E-state index in [1.807, 2.05) is 53.1 Å². The van der Waals surface area contributed by atoms with Crippen molar-refractivity contribution in [1.29, 1.82) is 0 Å². The number of thioether (sulfide) groups is 1. The van der Waals surface area contributed by atoms with E-state index in [1.54, 1.807) is 11.8 Å². The Morgan fingerprint density at radius 1 is 1.06 bits per heavy atom. The lowest BCUT2D eigenvalue weighted by Crippen LogP contribution is -1.88. The van der Waals surface area contributed by atoms with Crippen molar-refractivity contribution < 1.29 is 0 Å². The molecule has 2 aromatic heterocycles. The summed E-state index contributed by atoms with van der Waals surface area (Å²) in [6.07, 6.45) is 1.97. The summed E-state index contributed by atoms with van der Waals surface area (Å²) in [6, 6.07) is 13.8. The van der Waals surface area contributed by atoms with E-state index in [0.717, 1.165) is 22.2 Å². The monoisotopic (exact) mass is 256 g/mol. The lowest BCUT2D eigenvalue weighted by atomic mass is 10.2. The van der Waals surface area contributed by atoms with Crippen LogP contribution < -0.4 is 5.73 Å². The maximum Gasteiger partial charge on any atom is 0.195 e.